The third kappa shape index (κ3) is 4.67. The van der Waals surface area contributed by atoms with E-state index < -0.39 is 5.82 Å². The van der Waals surface area contributed by atoms with E-state index in [0.717, 1.165) is 5.69 Å². The van der Waals surface area contributed by atoms with Crippen LogP contribution in [0, 0.1) is 5.82 Å². The Morgan fingerprint density at radius 3 is 2.63 bits per heavy atom. The van der Waals surface area contributed by atoms with Crippen LogP contribution in [0.15, 0.2) is 78.1 Å². The van der Waals surface area contributed by atoms with Gasteiger partial charge in [0.25, 0.3) is 0 Å². The van der Waals surface area contributed by atoms with Gasteiger partial charge in [0.05, 0.1) is 5.75 Å². The summed E-state index contributed by atoms with van der Waals surface area (Å²) in [6, 6.07) is 18.5. The van der Waals surface area contributed by atoms with Crippen LogP contribution in [0.4, 0.5) is 10.1 Å². The average molecular weight is 440 g/mol. The predicted molar refractivity (Wildman–Crippen MR) is 115 cm³/mol. The average Bonchev–Trinajstić information content (AvgIpc) is 3.17. The van der Waals surface area contributed by atoms with Crippen LogP contribution in [0.25, 0.3) is 17.2 Å². The lowest BCUT2D eigenvalue weighted by Crippen LogP contribution is -2.14. The first-order valence-corrected chi connectivity index (χ1v) is 10.3. The molecule has 4 rings (SSSR count). The predicted octanol–water partition coefficient (Wildman–Crippen LogP) is 4.85. The minimum Gasteiger partial charge on any atom is -0.325 e. The highest BCUT2D eigenvalue weighted by atomic mass is 35.5. The number of hydrogen-bond donors (Lipinski definition) is 1. The first-order chi connectivity index (χ1) is 14.6. The monoisotopic (exact) mass is 439 g/mol. The van der Waals surface area contributed by atoms with Gasteiger partial charge in [-0.1, -0.05) is 35.5 Å². The highest BCUT2D eigenvalue weighted by Crippen LogP contribution is 2.27. The topological polar surface area (TPSA) is 72.7 Å². The van der Waals surface area contributed by atoms with Gasteiger partial charge in [-0.3, -0.25) is 14.3 Å². The zero-order valence-corrected chi connectivity index (χ0v) is 17.1. The molecule has 0 aliphatic heterocycles. The van der Waals surface area contributed by atoms with Crippen LogP contribution in [0.3, 0.4) is 0 Å². The van der Waals surface area contributed by atoms with Gasteiger partial charge in [-0.2, -0.15) is 0 Å². The van der Waals surface area contributed by atoms with Crippen molar-refractivity contribution in [2.75, 3.05) is 11.1 Å². The summed E-state index contributed by atoms with van der Waals surface area (Å²) in [4.78, 5) is 16.7. The second kappa shape index (κ2) is 9.06. The number of rotatable bonds is 6. The molecule has 0 fully saturated rings. The first kappa shape index (κ1) is 20.1. The number of carbonyl (C=O) groups excluding carboxylic acids is 1. The molecule has 150 valence electrons. The van der Waals surface area contributed by atoms with E-state index in [9.17, 15) is 9.18 Å². The molecule has 1 amide bonds. The number of anilines is 1. The molecule has 6 nitrogen and oxygen atoms in total. The van der Waals surface area contributed by atoms with Crippen molar-refractivity contribution in [2.24, 2.45) is 0 Å². The Morgan fingerprint density at radius 2 is 1.90 bits per heavy atom. The number of benzene rings is 2. The summed E-state index contributed by atoms with van der Waals surface area (Å²) in [6.07, 6.45) is 1.68. The molecule has 2 heterocycles. The van der Waals surface area contributed by atoms with Crippen molar-refractivity contribution >= 4 is 35.0 Å². The fraction of sp³-hybridized carbons (Fsp3) is 0.0476. The summed E-state index contributed by atoms with van der Waals surface area (Å²) < 4.78 is 15.1. The fourth-order valence-electron chi connectivity index (χ4n) is 2.74. The van der Waals surface area contributed by atoms with E-state index in [-0.39, 0.29) is 11.7 Å². The summed E-state index contributed by atoms with van der Waals surface area (Å²) in [6.45, 7) is 0. The van der Waals surface area contributed by atoms with E-state index in [4.69, 9.17) is 11.6 Å². The normalized spacial score (nSPS) is 10.7. The molecule has 0 radical (unpaired) electrons. The number of aromatic nitrogens is 4. The van der Waals surface area contributed by atoms with Crippen molar-refractivity contribution in [3.8, 4) is 17.2 Å². The number of hydrogen-bond acceptors (Lipinski definition) is 5. The molecule has 0 aliphatic carbocycles. The molecule has 4 aromatic rings. The Labute approximate surface area is 181 Å². The van der Waals surface area contributed by atoms with Gasteiger partial charge in [-0.05, 0) is 54.6 Å². The zero-order valence-electron chi connectivity index (χ0n) is 15.5. The number of halogens is 2. The highest BCUT2D eigenvalue weighted by molar-refractivity contribution is 7.99. The molecule has 30 heavy (non-hydrogen) atoms. The van der Waals surface area contributed by atoms with Crippen LogP contribution >= 0.6 is 23.4 Å². The van der Waals surface area contributed by atoms with Gasteiger partial charge in [0.15, 0.2) is 11.0 Å². The maximum absolute atomic E-state index is 13.3. The molecule has 2 aromatic heterocycles. The fourth-order valence-corrected chi connectivity index (χ4v) is 3.62. The van der Waals surface area contributed by atoms with Crippen LogP contribution < -0.4 is 5.32 Å². The molecule has 2 aromatic carbocycles. The van der Waals surface area contributed by atoms with Crippen LogP contribution in [0.2, 0.25) is 5.02 Å². The van der Waals surface area contributed by atoms with Gasteiger partial charge in [-0.25, -0.2) is 4.39 Å². The molecule has 0 saturated carbocycles. The molecule has 1 N–H and O–H groups in total. The summed E-state index contributed by atoms with van der Waals surface area (Å²) >= 11 is 7.24. The summed E-state index contributed by atoms with van der Waals surface area (Å²) in [5, 5.41) is 12.3. The van der Waals surface area contributed by atoms with Gasteiger partial charge in [0.1, 0.15) is 11.5 Å². The minimum absolute atomic E-state index is 0.0739. The molecule has 9 heteroatoms. The Balaban J connectivity index is 1.59. The lowest BCUT2D eigenvalue weighted by molar-refractivity contribution is -0.113. The molecular formula is C21H15ClFN5OS. The van der Waals surface area contributed by atoms with Gasteiger partial charge in [0, 0.05) is 22.6 Å². The SMILES string of the molecule is O=C(CSc1nnc(-c2ccccn2)n1-c1ccc(Cl)cc1)Nc1cccc(F)c1. The van der Waals surface area contributed by atoms with Crippen LogP contribution in [0.1, 0.15) is 0 Å². The molecule has 0 atom stereocenters. The number of pyridine rings is 1. The van der Waals surface area contributed by atoms with Crippen molar-refractivity contribution < 1.29 is 9.18 Å². The number of nitrogens with zero attached hydrogens (tertiary/aromatic N) is 4. The molecule has 0 spiro atoms. The van der Waals surface area contributed by atoms with E-state index in [1.165, 1.54) is 30.0 Å². The van der Waals surface area contributed by atoms with Crippen molar-refractivity contribution in [3.63, 3.8) is 0 Å². The van der Waals surface area contributed by atoms with Gasteiger partial charge in [-0.15, -0.1) is 10.2 Å². The number of amides is 1. The lowest BCUT2D eigenvalue weighted by Gasteiger charge is -2.10. The van der Waals surface area contributed by atoms with Crippen LogP contribution in [-0.4, -0.2) is 31.4 Å². The molecule has 0 bridgehead atoms. The highest BCUT2D eigenvalue weighted by Gasteiger charge is 2.18. The standard InChI is InChI=1S/C21H15ClFN5OS/c22-14-7-9-17(10-8-14)28-20(18-6-1-2-11-24-18)26-27-21(28)30-13-19(29)25-16-5-3-4-15(23)12-16/h1-12H,13H2,(H,25,29). The van der Waals surface area contributed by atoms with E-state index in [1.807, 2.05) is 34.9 Å². The van der Waals surface area contributed by atoms with Crippen molar-refractivity contribution in [3.05, 3.63) is 83.8 Å². The molecular weight excluding hydrogens is 425 g/mol. The second-order valence-corrected chi connectivity index (χ2v) is 7.56. The Bertz CT molecular complexity index is 1170. The summed E-state index contributed by atoms with van der Waals surface area (Å²) in [7, 11) is 0. The van der Waals surface area contributed by atoms with Crippen molar-refractivity contribution in [1.82, 2.24) is 19.7 Å². The molecule has 0 aliphatic rings. The number of carbonyl (C=O) groups is 1. The third-order valence-corrected chi connectivity index (χ3v) is 5.23. The zero-order chi connectivity index (χ0) is 20.9. The summed E-state index contributed by atoms with van der Waals surface area (Å²) in [5.41, 5.74) is 1.84. The largest absolute Gasteiger partial charge is 0.325 e. The quantitative estimate of drug-likeness (QED) is 0.435. The third-order valence-electron chi connectivity index (χ3n) is 4.05. The van der Waals surface area contributed by atoms with Crippen molar-refractivity contribution in [1.29, 1.82) is 0 Å². The van der Waals surface area contributed by atoms with Gasteiger partial charge in [0.2, 0.25) is 5.91 Å². The maximum Gasteiger partial charge on any atom is 0.234 e. The number of thioether (sulfide) groups is 1. The van der Waals surface area contributed by atoms with E-state index in [2.05, 4.69) is 20.5 Å². The Hall–Kier alpha value is -3.23. The lowest BCUT2D eigenvalue weighted by atomic mass is 10.3. The smallest absolute Gasteiger partial charge is 0.234 e. The van der Waals surface area contributed by atoms with Gasteiger partial charge < -0.3 is 5.32 Å². The Morgan fingerprint density at radius 1 is 1.07 bits per heavy atom. The van der Waals surface area contributed by atoms with Crippen LogP contribution in [0.5, 0.6) is 0 Å². The van der Waals surface area contributed by atoms with Crippen LogP contribution in [-0.2, 0) is 4.79 Å². The number of nitrogens with one attached hydrogen (secondary N) is 1. The molecule has 0 saturated heterocycles. The maximum atomic E-state index is 13.3. The van der Waals surface area contributed by atoms with Crippen molar-refractivity contribution in [2.45, 2.75) is 5.16 Å². The summed E-state index contributed by atoms with van der Waals surface area (Å²) in [5.74, 6) is -0.0747. The van der Waals surface area contributed by atoms with Gasteiger partial charge >= 0.3 is 0 Å². The second-order valence-electron chi connectivity index (χ2n) is 6.18. The van der Waals surface area contributed by atoms with E-state index in [1.54, 1.807) is 24.4 Å². The van der Waals surface area contributed by atoms with E-state index >= 15 is 0 Å². The van der Waals surface area contributed by atoms with E-state index in [0.29, 0.717) is 27.4 Å². The first-order valence-electron chi connectivity index (χ1n) is 8.91. The minimum atomic E-state index is -0.414. The Kier molecular flexibility index (Phi) is 6.06. The molecule has 0 unspecified atom stereocenters.